The van der Waals surface area contributed by atoms with Crippen LogP contribution in [0.15, 0.2) is 121 Å². The summed E-state index contributed by atoms with van der Waals surface area (Å²) in [6, 6.07) is 36.0. The molecule has 0 atom stereocenters. The largest absolute Gasteiger partial charge is 0.508 e. The highest BCUT2D eigenvalue weighted by atomic mass is 16.3. The summed E-state index contributed by atoms with van der Waals surface area (Å²) in [5.74, 6) is 1.18. The molecule has 6 aromatic rings. The second-order valence-corrected chi connectivity index (χ2v) is 12.2. The Bertz CT molecular complexity index is 1850. The van der Waals surface area contributed by atoms with Crippen LogP contribution in [0.2, 0.25) is 0 Å². The zero-order chi connectivity index (χ0) is 34.5. The quantitative estimate of drug-likeness (QED) is 0.101. The van der Waals surface area contributed by atoms with Gasteiger partial charge in [-0.2, -0.15) is 0 Å². The van der Waals surface area contributed by atoms with Crippen molar-refractivity contribution in [3.8, 4) is 34.5 Å². The number of para-hydroxylation sites is 1. The van der Waals surface area contributed by atoms with Gasteiger partial charge in [0, 0.05) is 17.4 Å². The third kappa shape index (κ3) is 7.39. The van der Waals surface area contributed by atoms with Crippen molar-refractivity contribution < 1.29 is 30.6 Å². The van der Waals surface area contributed by atoms with Gasteiger partial charge < -0.3 is 30.6 Å². The van der Waals surface area contributed by atoms with E-state index in [1.807, 2.05) is 88.4 Å². The number of hydrogen-bond acceptors (Lipinski definition) is 6. The fourth-order valence-electron chi connectivity index (χ4n) is 6.08. The first-order valence-corrected chi connectivity index (χ1v) is 15.7. The van der Waals surface area contributed by atoms with Crippen molar-refractivity contribution in [2.75, 3.05) is 0 Å². The predicted octanol–water partition coefficient (Wildman–Crippen LogP) is 9.20. The Morgan fingerprint density at radius 3 is 1.04 bits per heavy atom. The van der Waals surface area contributed by atoms with E-state index in [2.05, 4.69) is 0 Å². The molecule has 0 aliphatic heterocycles. The van der Waals surface area contributed by atoms with Crippen molar-refractivity contribution in [3.05, 3.63) is 177 Å². The Morgan fingerprint density at radius 2 is 0.688 bits per heavy atom. The van der Waals surface area contributed by atoms with Gasteiger partial charge in [-0.05, 0) is 132 Å². The average Bonchev–Trinajstić information content (AvgIpc) is 3.06. The molecule has 0 aliphatic carbocycles. The molecule has 6 nitrogen and oxygen atoms in total. The molecule has 0 fully saturated rings. The van der Waals surface area contributed by atoms with Crippen LogP contribution in [0.25, 0.3) is 0 Å². The monoisotopic (exact) mass is 640 g/mol. The summed E-state index contributed by atoms with van der Waals surface area (Å²) in [6.45, 7) is 7.67. The number of benzene rings is 6. The van der Waals surface area contributed by atoms with Crippen LogP contribution in [0.3, 0.4) is 0 Å². The fourth-order valence-corrected chi connectivity index (χ4v) is 6.08. The lowest BCUT2D eigenvalue weighted by Crippen LogP contribution is -2.08. The molecule has 6 aromatic carbocycles. The number of rotatable bonds is 6. The van der Waals surface area contributed by atoms with E-state index in [0.29, 0.717) is 0 Å². The molecule has 0 heterocycles. The Labute approximate surface area is 281 Å². The van der Waals surface area contributed by atoms with Crippen LogP contribution in [0.4, 0.5) is 0 Å². The summed E-state index contributed by atoms with van der Waals surface area (Å²) in [5.41, 5.74) is 9.40. The lowest BCUT2D eigenvalue weighted by atomic mass is 9.79. The maximum absolute atomic E-state index is 10.5. The molecule has 0 saturated carbocycles. The first-order valence-electron chi connectivity index (χ1n) is 15.7. The van der Waals surface area contributed by atoms with Crippen molar-refractivity contribution >= 4 is 0 Å². The minimum atomic E-state index is -0.199. The molecule has 0 unspecified atom stereocenters. The molecular weight excluding hydrogens is 600 g/mol. The molecule has 6 N–H and O–H groups in total. The van der Waals surface area contributed by atoms with E-state index >= 15 is 0 Å². The van der Waals surface area contributed by atoms with Gasteiger partial charge in [-0.1, -0.05) is 66.7 Å². The van der Waals surface area contributed by atoms with E-state index in [4.69, 9.17) is 0 Å². The molecule has 0 radical (unpaired) electrons. The summed E-state index contributed by atoms with van der Waals surface area (Å²) >= 11 is 0. The molecule has 48 heavy (non-hydrogen) atoms. The summed E-state index contributed by atoms with van der Waals surface area (Å²) < 4.78 is 0. The van der Waals surface area contributed by atoms with E-state index in [0.717, 1.165) is 55.6 Å². The van der Waals surface area contributed by atoms with Gasteiger partial charge >= 0.3 is 0 Å². The third-order valence-corrected chi connectivity index (χ3v) is 8.72. The topological polar surface area (TPSA) is 121 Å². The minimum absolute atomic E-state index is 0.0400. The van der Waals surface area contributed by atoms with Gasteiger partial charge in [-0.3, -0.25) is 0 Å². The predicted molar refractivity (Wildman–Crippen MR) is 189 cm³/mol. The van der Waals surface area contributed by atoms with Gasteiger partial charge in [0.25, 0.3) is 0 Å². The van der Waals surface area contributed by atoms with Gasteiger partial charge in [-0.25, -0.2) is 0 Å². The number of aromatic hydroxyl groups is 6. The normalized spacial score (nSPS) is 11.0. The summed E-state index contributed by atoms with van der Waals surface area (Å²) in [4.78, 5) is 0. The van der Waals surface area contributed by atoms with Crippen LogP contribution in [0.1, 0.15) is 67.5 Å². The van der Waals surface area contributed by atoms with E-state index in [1.54, 1.807) is 60.7 Å². The van der Waals surface area contributed by atoms with Crippen LogP contribution < -0.4 is 0 Å². The maximum atomic E-state index is 10.5. The van der Waals surface area contributed by atoms with Gasteiger partial charge in [-0.15, -0.1) is 0 Å². The number of phenols is 6. The van der Waals surface area contributed by atoms with Crippen LogP contribution in [-0.2, 0) is 0 Å². The Morgan fingerprint density at radius 1 is 0.333 bits per heavy atom. The summed E-state index contributed by atoms with van der Waals surface area (Å²) in [7, 11) is 0. The number of hydrogen-bond donors (Lipinski definition) is 6. The van der Waals surface area contributed by atoms with Crippen molar-refractivity contribution in [2.45, 2.75) is 39.5 Å². The van der Waals surface area contributed by atoms with Crippen LogP contribution in [0, 0.1) is 27.7 Å². The highest BCUT2D eigenvalue weighted by Crippen LogP contribution is 2.42. The maximum Gasteiger partial charge on any atom is 0.119 e. The number of phenolic OH excluding ortho intramolecular Hbond substituents is 6. The highest BCUT2D eigenvalue weighted by Gasteiger charge is 2.25. The van der Waals surface area contributed by atoms with Gasteiger partial charge in [0.2, 0.25) is 0 Å². The molecule has 0 amide bonds. The van der Waals surface area contributed by atoms with Crippen molar-refractivity contribution in [1.82, 2.24) is 0 Å². The molecule has 244 valence electrons. The third-order valence-electron chi connectivity index (χ3n) is 8.72. The lowest BCUT2D eigenvalue weighted by Gasteiger charge is -2.25. The van der Waals surface area contributed by atoms with E-state index in [-0.39, 0.29) is 46.3 Å². The molecule has 0 bridgehead atoms. The second kappa shape index (κ2) is 14.3. The Hall–Kier alpha value is -5.88. The van der Waals surface area contributed by atoms with Gasteiger partial charge in [0.05, 0.1) is 0 Å². The first-order chi connectivity index (χ1) is 22.9. The molecule has 6 rings (SSSR count). The van der Waals surface area contributed by atoms with Crippen molar-refractivity contribution in [2.24, 2.45) is 0 Å². The molecule has 0 aromatic heterocycles. The molecular formula is C42H40O6. The van der Waals surface area contributed by atoms with E-state index in [9.17, 15) is 30.6 Å². The van der Waals surface area contributed by atoms with E-state index < -0.39 is 0 Å². The lowest BCUT2D eigenvalue weighted by molar-refractivity contribution is 0.465. The fraction of sp³-hybridized carbons (Fsp3) is 0.143. The smallest absolute Gasteiger partial charge is 0.119 e. The van der Waals surface area contributed by atoms with Crippen molar-refractivity contribution in [3.63, 3.8) is 0 Å². The Balaban J connectivity index is 0.000000190. The molecule has 0 saturated heterocycles. The molecule has 6 heteroatoms. The SMILES string of the molecule is Cc1cc(C(c2cc(C)c(O)cc2C)c2ccccc2O)c(C)cc1O.Oc1ccc(C(c2ccc(O)cc2)c2ccc(O)cc2)cc1. The zero-order valence-corrected chi connectivity index (χ0v) is 27.4. The summed E-state index contributed by atoms with van der Waals surface area (Å²) in [6.07, 6.45) is 0. The van der Waals surface area contributed by atoms with Crippen LogP contribution in [-0.4, -0.2) is 30.6 Å². The van der Waals surface area contributed by atoms with E-state index in [1.165, 1.54) is 0 Å². The molecule has 0 aliphatic rings. The minimum Gasteiger partial charge on any atom is -0.508 e. The second-order valence-electron chi connectivity index (χ2n) is 12.2. The first kappa shape index (κ1) is 33.5. The molecule has 0 spiro atoms. The van der Waals surface area contributed by atoms with Gasteiger partial charge in [0.15, 0.2) is 0 Å². The van der Waals surface area contributed by atoms with Gasteiger partial charge in [0.1, 0.15) is 34.5 Å². The Kier molecular flexibility index (Phi) is 9.95. The van der Waals surface area contributed by atoms with Crippen LogP contribution >= 0.6 is 0 Å². The highest BCUT2D eigenvalue weighted by molar-refractivity contribution is 5.57. The standard InChI is InChI=1S/C23H24O3.C19H16O3/c1-13-11-21(25)15(3)9-18(13)23(17-7-5-6-8-20(17)24)19-10-16(4)22(26)12-14(19)2;20-16-7-1-13(2-8-16)19(14-3-9-17(21)10-4-14)15-5-11-18(22)12-6-15/h5-12,23-26H,1-4H3;1-12,19-22H. The zero-order valence-electron chi connectivity index (χ0n) is 27.4. The summed E-state index contributed by atoms with van der Waals surface area (Å²) in [5, 5.41) is 59.1. The van der Waals surface area contributed by atoms with Crippen molar-refractivity contribution in [1.29, 1.82) is 0 Å². The number of aryl methyl sites for hydroxylation is 4. The average molecular weight is 641 g/mol. The van der Waals surface area contributed by atoms with Crippen LogP contribution in [0.5, 0.6) is 34.5 Å².